The molecule has 0 bridgehead atoms. The van der Waals surface area contributed by atoms with E-state index in [1.807, 2.05) is 47.4 Å². The van der Waals surface area contributed by atoms with Gasteiger partial charge in [0.05, 0.1) is 26.8 Å². The Bertz CT molecular complexity index is 1100. The first-order chi connectivity index (χ1) is 15.5. The first-order valence-electron chi connectivity index (χ1n) is 10.3. The molecule has 7 heteroatoms. The molecule has 1 aliphatic heterocycles. The normalized spacial score (nSPS) is 15.7. The molecule has 0 spiro atoms. The number of para-hydroxylation sites is 1. The molecule has 0 unspecified atom stereocenters. The summed E-state index contributed by atoms with van der Waals surface area (Å²) in [6.07, 6.45) is 0.695. The Hall–Kier alpha value is -3.45. The zero-order valence-corrected chi connectivity index (χ0v) is 17.9. The number of hydrogen-bond donors (Lipinski definition) is 1. The number of ether oxygens (including phenoxy) is 2. The van der Waals surface area contributed by atoms with E-state index in [0.717, 1.165) is 28.8 Å². The Morgan fingerprint density at radius 1 is 1.00 bits per heavy atom. The standard InChI is InChI=1S/C25H24F2N2O3/c1-31-21-13-17-11-12-29(15-23(30)28-24-19(26)9-6-10-20(24)27)25(16-7-4-3-5-8-16)18(17)14-22(21)32-2/h3-10,13-14,25H,11-12,15H2,1-2H3,(H,28,30)/t25-/m0/s1. The topological polar surface area (TPSA) is 50.8 Å². The Morgan fingerprint density at radius 2 is 1.66 bits per heavy atom. The molecular formula is C25H24F2N2O3. The molecule has 0 saturated heterocycles. The summed E-state index contributed by atoms with van der Waals surface area (Å²) in [7, 11) is 3.18. The maximum absolute atomic E-state index is 14.0. The number of amides is 1. The van der Waals surface area contributed by atoms with Gasteiger partial charge in [-0.1, -0.05) is 36.4 Å². The minimum absolute atomic E-state index is 0.0267. The minimum Gasteiger partial charge on any atom is -0.493 e. The second-order valence-corrected chi connectivity index (χ2v) is 7.58. The highest BCUT2D eigenvalue weighted by molar-refractivity contribution is 5.92. The lowest BCUT2D eigenvalue weighted by Crippen LogP contribution is -2.41. The third kappa shape index (κ3) is 4.29. The second-order valence-electron chi connectivity index (χ2n) is 7.58. The average molecular weight is 438 g/mol. The van der Waals surface area contributed by atoms with E-state index in [0.29, 0.717) is 24.5 Å². The van der Waals surface area contributed by atoms with Gasteiger partial charge in [-0.2, -0.15) is 0 Å². The van der Waals surface area contributed by atoms with Gasteiger partial charge in [0.25, 0.3) is 0 Å². The van der Waals surface area contributed by atoms with E-state index < -0.39 is 23.2 Å². The second kappa shape index (κ2) is 9.36. The highest BCUT2D eigenvalue weighted by Gasteiger charge is 2.31. The summed E-state index contributed by atoms with van der Waals surface area (Å²) in [5.74, 6) is -0.845. The van der Waals surface area contributed by atoms with E-state index >= 15 is 0 Å². The summed E-state index contributed by atoms with van der Waals surface area (Å²) in [6, 6.07) is 17.0. The van der Waals surface area contributed by atoms with Crippen LogP contribution in [0.4, 0.5) is 14.5 Å². The van der Waals surface area contributed by atoms with Crippen LogP contribution >= 0.6 is 0 Å². The van der Waals surface area contributed by atoms with Crippen molar-refractivity contribution in [2.75, 3.05) is 32.6 Å². The molecule has 0 radical (unpaired) electrons. The molecule has 5 nitrogen and oxygen atoms in total. The molecule has 4 rings (SSSR count). The Balaban J connectivity index is 1.67. The molecule has 3 aromatic carbocycles. The van der Waals surface area contributed by atoms with Gasteiger partial charge in [0, 0.05) is 6.54 Å². The quantitative estimate of drug-likeness (QED) is 0.613. The summed E-state index contributed by atoms with van der Waals surface area (Å²) in [5, 5.41) is 2.39. The number of carbonyl (C=O) groups excluding carboxylic acids is 1. The maximum Gasteiger partial charge on any atom is 0.238 e. The van der Waals surface area contributed by atoms with Crippen LogP contribution in [0.5, 0.6) is 11.5 Å². The van der Waals surface area contributed by atoms with Gasteiger partial charge in [0.15, 0.2) is 11.5 Å². The highest BCUT2D eigenvalue weighted by Crippen LogP contribution is 2.40. The minimum atomic E-state index is -0.807. The Kier molecular flexibility index (Phi) is 6.37. The molecule has 0 aromatic heterocycles. The van der Waals surface area contributed by atoms with E-state index in [2.05, 4.69) is 5.32 Å². The number of nitrogens with zero attached hydrogens (tertiary/aromatic N) is 1. The SMILES string of the molecule is COc1cc2c(cc1OC)[C@H](c1ccccc1)N(CC(=O)Nc1c(F)cccc1F)CC2. The van der Waals surface area contributed by atoms with Crippen molar-refractivity contribution in [3.8, 4) is 11.5 Å². The van der Waals surface area contributed by atoms with Crippen LogP contribution in [0, 0.1) is 11.6 Å². The van der Waals surface area contributed by atoms with E-state index in [9.17, 15) is 13.6 Å². The van der Waals surface area contributed by atoms with Crippen molar-refractivity contribution in [2.24, 2.45) is 0 Å². The molecule has 1 aliphatic rings. The smallest absolute Gasteiger partial charge is 0.238 e. The fourth-order valence-electron chi connectivity index (χ4n) is 4.17. The fourth-order valence-corrected chi connectivity index (χ4v) is 4.17. The van der Waals surface area contributed by atoms with Crippen LogP contribution in [0.25, 0.3) is 0 Å². The van der Waals surface area contributed by atoms with Crippen molar-refractivity contribution in [2.45, 2.75) is 12.5 Å². The van der Waals surface area contributed by atoms with E-state index in [1.165, 1.54) is 6.07 Å². The van der Waals surface area contributed by atoms with Crippen LogP contribution < -0.4 is 14.8 Å². The molecule has 0 aliphatic carbocycles. The van der Waals surface area contributed by atoms with E-state index in [1.54, 1.807) is 14.2 Å². The lowest BCUT2D eigenvalue weighted by Gasteiger charge is -2.37. The summed E-state index contributed by atoms with van der Waals surface area (Å²) in [5.41, 5.74) is 2.68. The molecule has 3 aromatic rings. The molecule has 1 N–H and O–H groups in total. The van der Waals surface area contributed by atoms with Crippen molar-refractivity contribution >= 4 is 11.6 Å². The monoisotopic (exact) mass is 438 g/mol. The van der Waals surface area contributed by atoms with Crippen LogP contribution in [0.3, 0.4) is 0 Å². The Morgan fingerprint density at radius 3 is 2.31 bits per heavy atom. The number of methoxy groups -OCH3 is 2. The molecule has 0 fully saturated rings. The van der Waals surface area contributed by atoms with Gasteiger partial charge in [-0.25, -0.2) is 8.78 Å². The number of carbonyl (C=O) groups is 1. The van der Waals surface area contributed by atoms with Crippen molar-refractivity contribution < 1.29 is 23.0 Å². The average Bonchev–Trinajstić information content (AvgIpc) is 2.81. The lowest BCUT2D eigenvalue weighted by atomic mass is 9.87. The van der Waals surface area contributed by atoms with Crippen LogP contribution in [0.1, 0.15) is 22.7 Å². The summed E-state index contributed by atoms with van der Waals surface area (Å²) in [4.78, 5) is 14.8. The Labute approximate surface area is 185 Å². The van der Waals surface area contributed by atoms with Gasteiger partial charge in [-0.05, 0) is 47.4 Å². The van der Waals surface area contributed by atoms with Crippen molar-refractivity contribution in [1.82, 2.24) is 4.90 Å². The zero-order valence-electron chi connectivity index (χ0n) is 17.9. The number of fused-ring (bicyclic) bond motifs is 1. The number of halogens is 2. The molecule has 166 valence electrons. The van der Waals surface area contributed by atoms with Gasteiger partial charge >= 0.3 is 0 Å². The predicted octanol–water partition coefficient (Wildman–Crippen LogP) is 4.57. The third-order valence-corrected chi connectivity index (χ3v) is 5.66. The molecule has 32 heavy (non-hydrogen) atoms. The summed E-state index contributed by atoms with van der Waals surface area (Å²) >= 11 is 0. The van der Waals surface area contributed by atoms with Crippen LogP contribution in [0.15, 0.2) is 60.7 Å². The fraction of sp³-hybridized carbons (Fsp3) is 0.240. The first-order valence-corrected chi connectivity index (χ1v) is 10.3. The lowest BCUT2D eigenvalue weighted by molar-refractivity contribution is -0.117. The van der Waals surface area contributed by atoms with Crippen LogP contribution in [0.2, 0.25) is 0 Å². The number of nitrogens with one attached hydrogen (secondary N) is 1. The molecule has 1 amide bonds. The number of hydrogen-bond acceptors (Lipinski definition) is 4. The molecule has 1 heterocycles. The van der Waals surface area contributed by atoms with E-state index in [-0.39, 0.29) is 12.6 Å². The number of benzene rings is 3. The summed E-state index contributed by atoms with van der Waals surface area (Å²) in [6.45, 7) is 0.566. The zero-order chi connectivity index (χ0) is 22.7. The highest BCUT2D eigenvalue weighted by atomic mass is 19.1. The number of anilines is 1. The van der Waals surface area contributed by atoms with Crippen LogP contribution in [-0.4, -0.2) is 38.1 Å². The predicted molar refractivity (Wildman–Crippen MR) is 118 cm³/mol. The van der Waals surface area contributed by atoms with Crippen molar-refractivity contribution in [1.29, 1.82) is 0 Å². The van der Waals surface area contributed by atoms with Gasteiger partial charge < -0.3 is 14.8 Å². The number of rotatable bonds is 6. The largest absolute Gasteiger partial charge is 0.493 e. The molecule has 0 saturated carbocycles. The van der Waals surface area contributed by atoms with Gasteiger partial charge in [-0.15, -0.1) is 0 Å². The molecule has 1 atom stereocenters. The first kappa shape index (κ1) is 21.8. The van der Waals surface area contributed by atoms with Gasteiger partial charge in [0.2, 0.25) is 5.91 Å². The molecular weight excluding hydrogens is 414 g/mol. The van der Waals surface area contributed by atoms with Gasteiger partial charge in [0.1, 0.15) is 17.3 Å². The van der Waals surface area contributed by atoms with E-state index in [4.69, 9.17) is 9.47 Å². The summed E-state index contributed by atoms with van der Waals surface area (Å²) < 4.78 is 38.9. The van der Waals surface area contributed by atoms with Crippen molar-refractivity contribution in [3.63, 3.8) is 0 Å². The van der Waals surface area contributed by atoms with Gasteiger partial charge in [-0.3, -0.25) is 9.69 Å². The van der Waals surface area contributed by atoms with Crippen molar-refractivity contribution in [3.05, 3.63) is 89.0 Å². The maximum atomic E-state index is 14.0. The third-order valence-electron chi connectivity index (χ3n) is 5.66. The van der Waals surface area contributed by atoms with Crippen LogP contribution in [-0.2, 0) is 11.2 Å².